The second kappa shape index (κ2) is 8.81. The predicted molar refractivity (Wildman–Crippen MR) is 80.0 cm³/mol. The van der Waals surface area contributed by atoms with Gasteiger partial charge in [0.25, 0.3) is 0 Å². The first kappa shape index (κ1) is 15.8. The van der Waals surface area contributed by atoms with E-state index in [4.69, 9.17) is 16.3 Å². The molecule has 1 aromatic carbocycles. The van der Waals surface area contributed by atoms with E-state index in [1.54, 1.807) is 0 Å². The molecule has 1 N–H and O–H groups in total. The molecular weight excluding hydrogens is 262 g/mol. The lowest BCUT2D eigenvalue weighted by Crippen LogP contribution is -2.12. The van der Waals surface area contributed by atoms with Gasteiger partial charge in [-0.1, -0.05) is 13.0 Å². The number of carbonyl (C=O) groups excluding carboxylic acids is 1. The van der Waals surface area contributed by atoms with Crippen molar-refractivity contribution in [1.82, 2.24) is 0 Å². The number of rotatable bonds is 8. The highest BCUT2D eigenvalue weighted by atomic mass is 35.5. The average molecular weight is 284 g/mol. The largest absolute Gasteiger partial charge is 0.491 e. The summed E-state index contributed by atoms with van der Waals surface area (Å²) in [5, 5.41) is 2.87. The summed E-state index contributed by atoms with van der Waals surface area (Å²) in [7, 11) is 0. The Kier molecular flexibility index (Phi) is 7.34. The van der Waals surface area contributed by atoms with E-state index in [9.17, 15) is 4.79 Å². The van der Waals surface area contributed by atoms with Gasteiger partial charge in [-0.25, -0.2) is 0 Å². The Hall–Kier alpha value is -1.22. The molecular formula is C15H22ClNO2. The van der Waals surface area contributed by atoms with E-state index in [0.717, 1.165) is 30.7 Å². The van der Waals surface area contributed by atoms with Gasteiger partial charge in [0.2, 0.25) is 5.91 Å². The molecule has 1 aromatic rings. The highest BCUT2D eigenvalue weighted by Crippen LogP contribution is 2.19. The Morgan fingerprint density at radius 2 is 2.21 bits per heavy atom. The summed E-state index contributed by atoms with van der Waals surface area (Å²) in [6, 6.07) is 7.50. The minimum Gasteiger partial charge on any atom is -0.491 e. The van der Waals surface area contributed by atoms with Crippen LogP contribution in [0.1, 0.15) is 39.5 Å². The molecule has 0 aliphatic carbocycles. The van der Waals surface area contributed by atoms with E-state index in [-0.39, 0.29) is 12.0 Å². The zero-order valence-corrected chi connectivity index (χ0v) is 12.4. The zero-order chi connectivity index (χ0) is 14.1. The molecule has 0 radical (unpaired) electrons. The average Bonchev–Trinajstić information content (AvgIpc) is 2.39. The van der Waals surface area contributed by atoms with Crippen LogP contribution in [0.2, 0.25) is 0 Å². The van der Waals surface area contributed by atoms with Crippen LogP contribution in [0, 0.1) is 0 Å². The Labute approximate surface area is 120 Å². The first-order chi connectivity index (χ1) is 9.15. The van der Waals surface area contributed by atoms with Crippen molar-refractivity contribution in [3.63, 3.8) is 0 Å². The van der Waals surface area contributed by atoms with Gasteiger partial charge < -0.3 is 10.1 Å². The number of carbonyl (C=O) groups is 1. The Morgan fingerprint density at radius 3 is 2.89 bits per heavy atom. The molecule has 1 atom stereocenters. The molecule has 1 amide bonds. The Morgan fingerprint density at radius 1 is 1.42 bits per heavy atom. The van der Waals surface area contributed by atoms with Gasteiger partial charge in [-0.15, -0.1) is 11.6 Å². The van der Waals surface area contributed by atoms with Gasteiger partial charge in [0.05, 0.1) is 6.10 Å². The summed E-state index contributed by atoms with van der Waals surface area (Å²) in [6.45, 7) is 4.10. The molecule has 0 bridgehead atoms. The minimum atomic E-state index is 0.0193. The monoisotopic (exact) mass is 283 g/mol. The summed E-state index contributed by atoms with van der Waals surface area (Å²) in [6.07, 6.45) is 3.32. The first-order valence-electron chi connectivity index (χ1n) is 6.78. The summed E-state index contributed by atoms with van der Waals surface area (Å²) in [4.78, 5) is 11.7. The maximum atomic E-state index is 11.7. The molecule has 0 aliphatic heterocycles. The molecule has 1 unspecified atom stereocenters. The van der Waals surface area contributed by atoms with Crippen LogP contribution in [-0.2, 0) is 4.79 Å². The fourth-order valence-corrected chi connectivity index (χ4v) is 1.76. The number of hydrogen-bond donors (Lipinski definition) is 1. The van der Waals surface area contributed by atoms with Crippen LogP contribution in [0.15, 0.2) is 24.3 Å². The van der Waals surface area contributed by atoms with E-state index in [2.05, 4.69) is 12.2 Å². The highest BCUT2D eigenvalue weighted by molar-refractivity contribution is 6.17. The third-order valence-corrected chi connectivity index (χ3v) is 3.08. The number of benzene rings is 1. The van der Waals surface area contributed by atoms with Crippen molar-refractivity contribution in [3.05, 3.63) is 24.3 Å². The van der Waals surface area contributed by atoms with E-state index < -0.39 is 0 Å². The van der Waals surface area contributed by atoms with Crippen molar-refractivity contribution in [2.24, 2.45) is 0 Å². The standard InChI is InChI=1S/C15H22ClNO2/c1-3-12(2)19-14-8-6-7-13(11-14)17-15(18)9-4-5-10-16/h6-8,11-12H,3-5,9-10H2,1-2H3,(H,17,18). The molecule has 3 nitrogen and oxygen atoms in total. The summed E-state index contributed by atoms with van der Waals surface area (Å²) in [5.74, 6) is 1.41. The quantitative estimate of drug-likeness (QED) is 0.573. The molecule has 4 heteroatoms. The van der Waals surface area contributed by atoms with Crippen LogP contribution in [0.25, 0.3) is 0 Å². The van der Waals surface area contributed by atoms with Gasteiger partial charge in [-0.2, -0.15) is 0 Å². The van der Waals surface area contributed by atoms with E-state index in [0.29, 0.717) is 12.3 Å². The summed E-state index contributed by atoms with van der Waals surface area (Å²) >= 11 is 5.58. The van der Waals surface area contributed by atoms with Gasteiger partial charge in [-0.3, -0.25) is 4.79 Å². The van der Waals surface area contributed by atoms with Gasteiger partial charge in [-0.05, 0) is 38.3 Å². The molecule has 106 valence electrons. The maximum absolute atomic E-state index is 11.7. The van der Waals surface area contributed by atoms with Crippen LogP contribution >= 0.6 is 11.6 Å². The normalized spacial score (nSPS) is 11.9. The Balaban J connectivity index is 2.49. The van der Waals surface area contributed by atoms with Crippen LogP contribution in [-0.4, -0.2) is 17.9 Å². The van der Waals surface area contributed by atoms with Crippen molar-refractivity contribution in [3.8, 4) is 5.75 Å². The first-order valence-corrected chi connectivity index (χ1v) is 7.31. The van der Waals surface area contributed by atoms with Crippen LogP contribution in [0.3, 0.4) is 0 Å². The maximum Gasteiger partial charge on any atom is 0.224 e. The van der Waals surface area contributed by atoms with Gasteiger partial charge in [0, 0.05) is 24.1 Å². The molecule has 0 spiro atoms. The molecule has 0 heterocycles. The van der Waals surface area contributed by atoms with E-state index in [1.165, 1.54) is 0 Å². The van der Waals surface area contributed by atoms with Crippen molar-refractivity contribution >= 4 is 23.2 Å². The van der Waals surface area contributed by atoms with Crippen molar-refractivity contribution in [2.45, 2.75) is 45.6 Å². The predicted octanol–water partition coefficient (Wildman–Crippen LogP) is 4.21. The highest BCUT2D eigenvalue weighted by Gasteiger charge is 2.05. The van der Waals surface area contributed by atoms with Gasteiger partial charge in [0.15, 0.2) is 0 Å². The fraction of sp³-hybridized carbons (Fsp3) is 0.533. The molecule has 19 heavy (non-hydrogen) atoms. The van der Waals surface area contributed by atoms with Crippen molar-refractivity contribution in [1.29, 1.82) is 0 Å². The van der Waals surface area contributed by atoms with Crippen LogP contribution in [0.5, 0.6) is 5.75 Å². The van der Waals surface area contributed by atoms with Crippen LogP contribution in [0.4, 0.5) is 5.69 Å². The number of anilines is 1. The SMILES string of the molecule is CCC(C)Oc1cccc(NC(=O)CCCCCl)c1. The van der Waals surface area contributed by atoms with Gasteiger partial charge >= 0.3 is 0 Å². The van der Waals surface area contributed by atoms with E-state index >= 15 is 0 Å². The lowest BCUT2D eigenvalue weighted by molar-refractivity contribution is -0.116. The zero-order valence-electron chi connectivity index (χ0n) is 11.6. The summed E-state index contributed by atoms with van der Waals surface area (Å²) in [5.41, 5.74) is 0.775. The number of hydrogen-bond acceptors (Lipinski definition) is 2. The summed E-state index contributed by atoms with van der Waals surface area (Å²) < 4.78 is 5.72. The molecule has 0 saturated heterocycles. The van der Waals surface area contributed by atoms with Crippen molar-refractivity contribution < 1.29 is 9.53 Å². The second-order valence-electron chi connectivity index (χ2n) is 4.56. The number of halogens is 1. The minimum absolute atomic E-state index is 0.0193. The smallest absolute Gasteiger partial charge is 0.224 e. The fourth-order valence-electron chi connectivity index (χ4n) is 1.57. The lowest BCUT2D eigenvalue weighted by atomic mass is 10.2. The molecule has 1 rings (SSSR count). The Bertz CT molecular complexity index is 395. The molecule has 0 fully saturated rings. The number of unbranched alkanes of at least 4 members (excludes halogenated alkanes) is 1. The second-order valence-corrected chi connectivity index (χ2v) is 4.94. The topological polar surface area (TPSA) is 38.3 Å². The number of ether oxygens (including phenoxy) is 1. The number of nitrogens with one attached hydrogen (secondary N) is 1. The van der Waals surface area contributed by atoms with Gasteiger partial charge in [0.1, 0.15) is 5.75 Å². The third kappa shape index (κ3) is 6.48. The lowest BCUT2D eigenvalue weighted by Gasteiger charge is -2.13. The molecule has 0 aliphatic rings. The number of amides is 1. The molecule has 0 saturated carbocycles. The molecule has 0 aromatic heterocycles. The third-order valence-electron chi connectivity index (χ3n) is 2.82. The van der Waals surface area contributed by atoms with E-state index in [1.807, 2.05) is 31.2 Å². The number of alkyl halides is 1. The van der Waals surface area contributed by atoms with Crippen LogP contribution < -0.4 is 10.1 Å². The van der Waals surface area contributed by atoms with Crippen molar-refractivity contribution in [2.75, 3.05) is 11.2 Å².